The van der Waals surface area contributed by atoms with Crippen molar-refractivity contribution in [3.05, 3.63) is 0 Å². The molecule has 1 amide bonds. The molecule has 0 heterocycles. The Labute approximate surface area is 451 Å². The lowest BCUT2D eigenvalue weighted by atomic mass is 10.0. The van der Waals surface area contributed by atoms with E-state index < -0.39 is 12.1 Å². The van der Waals surface area contributed by atoms with Crippen molar-refractivity contribution in [2.75, 3.05) is 13.2 Å². The molecule has 0 fully saturated rings. The third-order valence-corrected chi connectivity index (χ3v) is 15.9. The number of nitrogens with one attached hydrogen (secondary N) is 1. The van der Waals surface area contributed by atoms with Crippen LogP contribution in [0, 0.1) is 0 Å². The summed E-state index contributed by atoms with van der Waals surface area (Å²) in [5.74, 6) is -0.00896. The Bertz CT molecular complexity index is 1040. The first-order valence-corrected chi connectivity index (χ1v) is 33.3. The van der Waals surface area contributed by atoms with E-state index >= 15 is 0 Å². The van der Waals surface area contributed by atoms with Crippen LogP contribution in [0.2, 0.25) is 0 Å². The minimum Gasteiger partial charge on any atom is -0.466 e. The van der Waals surface area contributed by atoms with Crippen molar-refractivity contribution in [1.29, 1.82) is 0 Å². The van der Waals surface area contributed by atoms with Crippen molar-refractivity contribution in [2.24, 2.45) is 0 Å². The van der Waals surface area contributed by atoms with Crippen LogP contribution in [0.5, 0.6) is 0 Å². The van der Waals surface area contributed by atoms with Gasteiger partial charge in [-0.2, -0.15) is 0 Å². The molecule has 0 rings (SSSR count). The maximum Gasteiger partial charge on any atom is 0.305 e. The molecule has 0 bridgehead atoms. The molecule has 0 aromatic rings. The van der Waals surface area contributed by atoms with Gasteiger partial charge in [-0.15, -0.1) is 0 Å². The van der Waals surface area contributed by atoms with Gasteiger partial charge in [0.25, 0.3) is 0 Å². The smallest absolute Gasteiger partial charge is 0.305 e. The van der Waals surface area contributed by atoms with E-state index in [4.69, 9.17) is 4.74 Å². The van der Waals surface area contributed by atoms with Crippen LogP contribution >= 0.6 is 0 Å². The first-order chi connectivity index (χ1) is 35.5. The van der Waals surface area contributed by atoms with Crippen molar-refractivity contribution >= 4 is 11.9 Å². The van der Waals surface area contributed by atoms with Gasteiger partial charge in [-0.1, -0.05) is 348 Å². The second-order valence-electron chi connectivity index (χ2n) is 23.2. The van der Waals surface area contributed by atoms with Gasteiger partial charge in [0.2, 0.25) is 5.91 Å². The Morgan fingerprint density at radius 1 is 0.333 bits per heavy atom. The van der Waals surface area contributed by atoms with Crippen LogP contribution in [-0.2, 0) is 14.3 Å². The van der Waals surface area contributed by atoms with Crippen LogP contribution in [0.1, 0.15) is 386 Å². The summed E-state index contributed by atoms with van der Waals surface area (Å²) in [7, 11) is 0. The Balaban J connectivity index is 3.34. The minimum atomic E-state index is -0.661. The number of unbranched alkanes of at least 4 members (excludes halogenated alkanes) is 52. The van der Waals surface area contributed by atoms with Crippen molar-refractivity contribution in [2.45, 2.75) is 398 Å². The summed E-state index contributed by atoms with van der Waals surface area (Å²) in [4.78, 5) is 24.5. The normalized spacial score (nSPS) is 12.4. The number of esters is 1. The Morgan fingerprint density at radius 3 is 0.847 bits per heavy atom. The van der Waals surface area contributed by atoms with Crippen LogP contribution in [0.3, 0.4) is 0 Å². The van der Waals surface area contributed by atoms with Crippen molar-refractivity contribution in [3.8, 4) is 0 Å². The van der Waals surface area contributed by atoms with Gasteiger partial charge in [-0.3, -0.25) is 9.59 Å². The lowest BCUT2D eigenvalue weighted by Gasteiger charge is -2.22. The number of ether oxygens (including phenoxy) is 1. The highest BCUT2D eigenvalue weighted by Crippen LogP contribution is 2.19. The van der Waals surface area contributed by atoms with E-state index in [-0.39, 0.29) is 18.5 Å². The molecule has 0 aliphatic heterocycles. The number of hydrogen-bond acceptors (Lipinski definition) is 5. The van der Waals surface area contributed by atoms with E-state index in [0.29, 0.717) is 25.9 Å². The van der Waals surface area contributed by atoms with E-state index in [1.165, 1.54) is 315 Å². The van der Waals surface area contributed by atoms with Crippen molar-refractivity contribution < 1.29 is 24.5 Å². The summed E-state index contributed by atoms with van der Waals surface area (Å²) < 4.78 is 5.49. The van der Waals surface area contributed by atoms with Gasteiger partial charge < -0.3 is 20.3 Å². The van der Waals surface area contributed by atoms with E-state index in [2.05, 4.69) is 19.2 Å². The molecule has 2 unspecified atom stereocenters. The number of aliphatic hydroxyl groups is 2. The molecular weight excluding hydrogens is 887 g/mol. The summed E-state index contributed by atoms with van der Waals surface area (Å²) in [6, 6.07) is -0.538. The van der Waals surface area contributed by atoms with Gasteiger partial charge in [0, 0.05) is 12.8 Å². The Hall–Kier alpha value is -1.14. The zero-order valence-corrected chi connectivity index (χ0v) is 49.2. The molecule has 0 radical (unpaired) electrons. The quantitative estimate of drug-likeness (QED) is 0.0417. The number of rotatable bonds is 63. The van der Waals surface area contributed by atoms with Gasteiger partial charge in [0.05, 0.1) is 25.4 Å². The fraction of sp³-hybridized carbons (Fsp3) is 0.970. The minimum absolute atomic E-state index is 0.0199. The van der Waals surface area contributed by atoms with Crippen LogP contribution in [-0.4, -0.2) is 47.4 Å². The first-order valence-electron chi connectivity index (χ1n) is 33.3. The number of aliphatic hydroxyl groups excluding tert-OH is 2. The fourth-order valence-electron chi connectivity index (χ4n) is 10.8. The average Bonchev–Trinajstić information content (AvgIpc) is 3.38. The monoisotopic (exact) mass is 1020 g/mol. The molecule has 0 aromatic heterocycles. The molecule has 72 heavy (non-hydrogen) atoms. The molecule has 6 heteroatoms. The molecule has 0 aliphatic carbocycles. The summed E-state index contributed by atoms with van der Waals surface area (Å²) in [6.07, 6.45) is 74.2. The van der Waals surface area contributed by atoms with E-state index in [9.17, 15) is 19.8 Å². The van der Waals surface area contributed by atoms with Gasteiger partial charge in [-0.05, 0) is 25.7 Å². The lowest BCUT2D eigenvalue weighted by molar-refractivity contribution is -0.143. The summed E-state index contributed by atoms with van der Waals surface area (Å²) in [5.41, 5.74) is 0. The zero-order valence-electron chi connectivity index (χ0n) is 49.2. The van der Waals surface area contributed by atoms with Crippen LogP contribution in [0.25, 0.3) is 0 Å². The highest BCUT2D eigenvalue weighted by molar-refractivity contribution is 5.76. The molecule has 0 spiro atoms. The maximum absolute atomic E-state index is 12.5. The average molecular weight is 1020 g/mol. The van der Waals surface area contributed by atoms with Crippen LogP contribution in [0.15, 0.2) is 0 Å². The largest absolute Gasteiger partial charge is 0.466 e. The number of hydrogen-bond donors (Lipinski definition) is 3. The van der Waals surface area contributed by atoms with E-state index in [0.717, 1.165) is 38.5 Å². The third-order valence-electron chi connectivity index (χ3n) is 15.9. The van der Waals surface area contributed by atoms with Gasteiger partial charge in [-0.25, -0.2) is 0 Å². The Morgan fingerprint density at radius 2 is 0.569 bits per heavy atom. The second kappa shape index (κ2) is 62.4. The van der Waals surface area contributed by atoms with Gasteiger partial charge in [0.15, 0.2) is 0 Å². The third kappa shape index (κ3) is 58.1. The molecule has 2 atom stereocenters. The van der Waals surface area contributed by atoms with Crippen molar-refractivity contribution in [1.82, 2.24) is 5.32 Å². The molecule has 0 saturated carbocycles. The summed E-state index contributed by atoms with van der Waals surface area (Å²) in [6.45, 7) is 4.99. The predicted molar refractivity (Wildman–Crippen MR) is 315 cm³/mol. The topological polar surface area (TPSA) is 95.9 Å². The zero-order chi connectivity index (χ0) is 52.2. The first kappa shape index (κ1) is 70.9. The summed E-state index contributed by atoms with van der Waals surface area (Å²) >= 11 is 0. The number of amides is 1. The SMILES string of the molecule is CCCCCCCCCCCCCCCCCCC(O)C(CO)NC(=O)CCCCCCCCCCCCCCCCCCCCCCCCCCCCOC(=O)CCCCCCCCCCCCCCC. The standard InChI is InChI=1S/C66H131NO5/c1-3-5-7-9-11-13-15-17-18-31-35-38-42-46-50-54-58-64(69)63(62-68)67-65(70)59-55-51-47-43-39-36-32-29-27-25-23-21-19-20-22-24-26-28-30-33-37-41-45-49-53-57-61-72-66(71)60-56-52-48-44-40-34-16-14-12-10-8-6-4-2/h63-64,68-69H,3-62H2,1-2H3,(H,67,70). The number of carbonyl (C=O) groups is 2. The van der Waals surface area contributed by atoms with Gasteiger partial charge >= 0.3 is 5.97 Å². The fourth-order valence-corrected chi connectivity index (χ4v) is 10.8. The molecule has 0 saturated heterocycles. The number of carbonyl (C=O) groups excluding carboxylic acids is 2. The summed E-state index contributed by atoms with van der Waals surface area (Å²) in [5, 5.41) is 23.3. The maximum atomic E-state index is 12.5. The molecule has 0 aliphatic rings. The van der Waals surface area contributed by atoms with Crippen LogP contribution in [0.4, 0.5) is 0 Å². The lowest BCUT2D eigenvalue weighted by Crippen LogP contribution is -2.45. The molecule has 3 N–H and O–H groups in total. The molecule has 6 nitrogen and oxygen atoms in total. The molecule has 0 aromatic carbocycles. The molecular formula is C66H131NO5. The predicted octanol–water partition coefficient (Wildman–Crippen LogP) is 21.0. The van der Waals surface area contributed by atoms with E-state index in [1.54, 1.807) is 0 Å². The highest BCUT2D eigenvalue weighted by atomic mass is 16.5. The molecule has 430 valence electrons. The van der Waals surface area contributed by atoms with Crippen molar-refractivity contribution in [3.63, 3.8) is 0 Å². The van der Waals surface area contributed by atoms with Gasteiger partial charge in [0.1, 0.15) is 0 Å². The van der Waals surface area contributed by atoms with E-state index in [1.807, 2.05) is 0 Å². The second-order valence-corrected chi connectivity index (χ2v) is 23.2. The Kier molecular flexibility index (Phi) is 61.4. The van der Waals surface area contributed by atoms with Crippen LogP contribution < -0.4 is 5.32 Å². The highest BCUT2D eigenvalue weighted by Gasteiger charge is 2.20.